The van der Waals surface area contributed by atoms with Gasteiger partial charge in [0.1, 0.15) is 70.8 Å². The number of benzene rings is 6. The first-order chi connectivity index (χ1) is 45.2. The summed E-state index contributed by atoms with van der Waals surface area (Å²) in [6.45, 7) is 7.65. The van der Waals surface area contributed by atoms with Crippen LogP contribution in [0.1, 0.15) is 106 Å². The van der Waals surface area contributed by atoms with E-state index in [1.54, 1.807) is 9.13 Å². The Balaban J connectivity index is 0.000000195. The van der Waals surface area contributed by atoms with Gasteiger partial charge in [0.2, 0.25) is 0 Å². The molecule has 96 heavy (non-hydrogen) atoms. The largest absolute Gasteiger partial charge is 0.478 e. The van der Waals surface area contributed by atoms with Crippen LogP contribution in [0.5, 0.6) is 12.0 Å². The van der Waals surface area contributed by atoms with Crippen molar-refractivity contribution in [1.82, 2.24) is 39.0 Å². The Morgan fingerprint density at radius 3 is 1.20 bits per heavy atom. The van der Waals surface area contributed by atoms with E-state index >= 15 is 26.3 Å². The van der Waals surface area contributed by atoms with E-state index in [1.807, 2.05) is 27.7 Å². The first-order valence-electron chi connectivity index (χ1n) is 28.9. The van der Waals surface area contributed by atoms with Gasteiger partial charge in [0.05, 0.1) is 83.2 Å². The van der Waals surface area contributed by atoms with Gasteiger partial charge in [0.25, 0.3) is 0 Å². The third-order valence-electron chi connectivity index (χ3n) is 16.3. The van der Waals surface area contributed by atoms with E-state index in [-0.39, 0.29) is 128 Å². The fourth-order valence-corrected chi connectivity index (χ4v) is 11.2. The van der Waals surface area contributed by atoms with Crippen molar-refractivity contribution in [2.24, 2.45) is 10.8 Å². The van der Waals surface area contributed by atoms with Crippen molar-refractivity contribution in [3.8, 4) is 34.5 Å². The Labute approximate surface area is 533 Å². The maximum absolute atomic E-state index is 15.6. The van der Waals surface area contributed by atoms with Gasteiger partial charge in [0.15, 0.2) is 11.6 Å². The Kier molecular flexibility index (Phi) is 18.2. The first kappa shape index (κ1) is 67.3. The molecule has 6 heterocycles. The molecular weight excluding hydrogens is 1300 g/mol. The van der Waals surface area contributed by atoms with Crippen molar-refractivity contribution in [1.29, 1.82) is 0 Å². The van der Waals surface area contributed by atoms with E-state index in [0.717, 1.165) is 48.5 Å². The molecule has 12 rings (SSSR count). The lowest BCUT2D eigenvalue weighted by molar-refractivity contribution is -0.138. The number of carboxylic acid groups (broad SMARTS) is 2. The van der Waals surface area contributed by atoms with Crippen molar-refractivity contribution in [3.05, 3.63) is 212 Å². The van der Waals surface area contributed by atoms with E-state index in [2.05, 4.69) is 29.9 Å². The van der Waals surface area contributed by atoms with Crippen LogP contribution in [0.4, 0.5) is 61.5 Å². The minimum Gasteiger partial charge on any atom is -0.478 e. The van der Waals surface area contributed by atoms with E-state index in [1.165, 1.54) is 36.7 Å². The molecule has 2 saturated heterocycles. The smallest absolute Gasteiger partial charge is 0.416 e. The molecule has 2 N–H and O–H groups in total. The third-order valence-corrected chi connectivity index (χ3v) is 16.3. The second-order valence-corrected chi connectivity index (χ2v) is 23.9. The number of hydrogen-bond acceptors (Lipinski definition) is 12. The molecule has 30 heteroatoms. The molecule has 2 fully saturated rings. The molecule has 0 saturated carbocycles. The zero-order valence-electron chi connectivity index (χ0n) is 50.4. The van der Waals surface area contributed by atoms with Crippen LogP contribution < -0.4 is 9.47 Å². The monoisotopic (exact) mass is 1350 g/mol. The van der Waals surface area contributed by atoms with Crippen molar-refractivity contribution in [2.45, 2.75) is 78.2 Å². The molecule has 0 bridgehead atoms. The molecule has 500 valence electrons. The molecule has 6 aromatic carbocycles. The number of aromatic carboxylic acids is 2. The minimum atomic E-state index is -4.73. The molecule has 0 amide bonds. The van der Waals surface area contributed by atoms with Gasteiger partial charge in [-0.25, -0.2) is 64.6 Å². The average Bonchev–Trinajstić information content (AvgIpc) is 1.54. The highest BCUT2D eigenvalue weighted by molar-refractivity contribution is 5.94. The first-order valence-corrected chi connectivity index (χ1v) is 28.9. The summed E-state index contributed by atoms with van der Waals surface area (Å²) < 4.78 is 223. The molecule has 2 atom stereocenters. The van der Waals surface area contributed by atoms with Gasteiger partial charge in [-0.05, 0) is 96.1 Å². The lowest BCUT2D eigenvalue weighted by atomic mass is 9.87. The topological polar surface area (TPSA) is 199 Å². The number of carbonyl (C=O) groups is 2. The lowest BCUT2D eigenvalue weighted by Crippen LogP contribution is -2.27. The number of fused-ring (bicyclic) bond motifs is 2. The van der Waals surface area contributed by atoms with Crippen molar-refractivity contribution in [3.63, 3.8) is 0 Å². The van der Waals surface area contributed by atoms with Gasteiger partial charge in [0, 0.05) is 58.3 Å². The number of aromatic nitrogens is 8. The Hall–Kier alpha value is -10.1. The highest BCUT2D eigenvalue weighted by atomic mass is 19.4. The van der Waals surface area contributed by atoms with E-state index in [0.29, 0.717) is 37.5 Å². The fraction of sp³-hybridized carbons (Fsp3) is 0.273. The van der Waals surface area contributed by atoms with Gasteiger partial charge in [-0.2, -0.15) is 36.3 Å². The molecule has 0 radical (unpaired) electrons. The Morgan fingerprint density at radius 1 is 0.490 bits per heavy atom. The van der Waals surface area contributed by atoms with Gasteiger partial charge in [-0.15, -0.1) is 0 Å². The summed E-state index contributed by atoms with van der Waals surface area (Å²) >= 11 is 0. The quantitative estimate of drug-likeness (QED) is 0.0866. The predicted octanol–water partition coefficient (Wildman–Crippen LogP) is 15.1. The Bertz CT molecular complexity index is 4420. The summed E-state index contributed by atoms with van der Waals surface area (Å²) in [6.07, 6.45) is -7.67. The molecule has 2 aliphatic rings. The molecule has 2 unspecified atom stereocenters. The van der Waals surface area contributed by atoms with Crippen LogP contribution in [0, 0.1) is 57.4 Å². The number of rotatable bonds is 16. The average molecular weight is 1350 g/mol. The third kappa shape index (κ3) is 13.9. The van der Waals surface area contributed by atoms with Crippen molar-refractivity contribution < 1.29 is 100 Å². The van der Waals surface area contributed by atoms with Crippen LogP contribution in [-0.4, -0.2) is 87.6 Å². The highest BCUT2D eigenvalue weighted by Crippen LogP contribution is 2.44. The van der Waals surface area contributed by atoms with Crippen LogP contribution in [0.15, 0.2) is 109 Å². The molecular formula is C66H50F14N8O8. The van der Waals surface area contributed by atoms with Crippen molar-refractivity contribution >= 4 is 34.0 Å². The fourth-order valence-electron chi connectivity index (χ4n) is 11.2. The number of carboxylic acids is 2. The predicted molar refractivity (Wildman–Crippen MR) is 312 cm³/mol. The number of halogens is 14. The maximum atomic E-state index is 15.6. The lowest BCUT2D eigenvalue weighted by Gasteiger charge is -2.28. The number of ether oxygens (including phenoxy) is 4. The van der Waals surface area contributed by atoms with Gasteiger partial charge in [-0.1, -0.05) is 39.8 Å². The second kappa shape index (κ2) is 25.9. The number of imidazole rings is 2. The standard InChI is InChI=1S/2C33H25F7N4O4/c2*1-32(2)15-47-14-27(32)44-26-9-18(30(45)46)8-24(37)29(26)43-28(44)10-17-7-23(36)20(12-22(17)35)25-5-6-41-31(42-25)48-13-16-3-4-19(11-21(16)34)33(38,39)40/h2*3-9,11-12,27H,10,13-15H2,1-2H3,(H,45,46). The number of alkyl halides is 6. The molecule has 10 aromatic rings. The summed E-state index contributed by atoms with van der Waals surface area (Å²) in [7, 11) is 0. The summed E-state index contributed by atoms with van der Waals surface area (Å²) in [6, 6.07) is 12.7. The molecule has 16 nitrogen and oxygen atoms in total. The normalized spacial score (nSPS) is 16.1. The molecule has 2 aliphatic heterocycles. The van der Waals surface area contributed by atoms with Crippen LogP contribution in [0.3, 0.4) is 0 Å². The number of hydrogen-bond donors (Lipinski definition) is 2. The second-order valence-electron chi connectivity index (χ2n) is 23.9. The maximum Gasteiger partial charge on any atom is 0.416 e. The Morgan fingerprint density at radius 2 is 0.865 bits per heavy atom. The molecule has 4 aromatic heterocycles. The van der Waals surface area contributed by atoms with Crippen LogP contribution in [-0.2, 0) is 47.9 Å². The molecule has 0 aliphatic carbocycles. The van der Waals surface area contributed by atoms with E-state index < -0.39 is 118 Å². The summed E-state index contributed by atoms with van der Waals surface area (Å²) in [5.41, 5.74) is -5.27. The van der Waals surface area contributed by atoms with Gasteiger partial charge in [-0.3, -0.25) is 0 Å². The van der Waals surface area contributed by atoms with Gasteiger partial charge < -0.3 is 38.3 Å². The SMILES string of the molecule is CC1(C)COCC1n1c(Cc2cc(F)c(-c3ccnc(OCc4ccc(C(F)(F)F)cc4F)n3)cc2F)nc2c(F)cc(C(=O)O)cc21.CC1(C)COCC1n1c(Cc2cc(F)c(-c3ccnc(OCc4ccc(C(F)(F)F)cc4F)n3)cc2F)nc2c(F)cc(C(=O)O)cc21. The zero-order valence-corrected chi connectivity index (χ0v) is 50.4. The van der Waals surface area contributed by atoms with Gasteiger partial charge >= 0.3 is 36.3 Å². The summed E-state index contributed by atoms with van der Waals surface area (Å²) in [4.78, 5) is 47.9. The molecule has 0 spiro atoms. The van der Waals surface area contributed by atoms with Crippen molar-refractivity contribution in [2.75, 3.05) is 26.4 Å². The summed E-state index contributed by atoms with van der Waals surface area (Å²) in [5, 5.41) is 19.0. The van der Waals surface area contributed by atoms with Crippen LogP contribution in [0.2, 0.25) is 0 Å². The zero-order chi connectivity index (χ0) is 69.1. The minimum absolute atomic E-state index is 0.101. The van der Waals surface area contributed by atoms with Crippen LogP contribution >= 0.6 is 0 Å². The number of nitrogens with zero attached hydrogens (tertiary/aromatic N) is 8. The van der Waals surface area contributed by atoms with E-state index in [9.17, 15) is 54.9 Å². The van der Waals surface area contributed by atoms with Crippen LogP contribution in [0.25, 0.3) is 44.6 Å². The highest BCUT2D eigenvalue weighted by Gasteiger charge is 2.42. The summed E-state index contributed by atoms with van der Waals surface area (Å²) in [5.74, 6) is -9.95. The van der Waals surface area contributed by atoms with E-state index in [4.69, 9.17) is 18.9 Å².